The average Bonchev–Trinajstić information content (AvgIpc) is 2.62. The van der Waals surface area contributed by atoms with E-state index in [1.165, 1.54) is 6.42 Å². The zero-order chi connectivity index (χ0) is 18.9. The highest BCUT2D eigenvalue weighted by Gasteiger charge is 2.20. The molecule has 5 nitrogen and oxygen atoms in total. The predicted molar refractivity (Wildman–Crippen MR) is 98.8 cm³/mol. The van der Waals surface area contributed by atoms with Crippen molar-refractivity contribution in [3.63, 3.8) is 0 Å². The Balaban J connectivity index is 1.85. The van der Waals surface area contributed by atoms with E-state index >= 15 is 0 Å². The van der Waals surface area contributed by atoms with Gasteiger partial charge in [-0.3, -0.25) is 4.79 Å². The van der Waals surface area contributed by atoms with E-state index < -0.39 is 11.6 Å². The Bertz CT molecular complexity index is 636. The van der Waals surface area contributed by atoms with Crippen LogP contribution >= 0.6 is 0 Å². The molecule has 0 aliphatic carbocycles. The summed E-state index contributed by atoms with van der Waals surface area (Å²) in [6.07, 6.45) is 2.62. The molecule has 0 saturated carbocycles. The van der Waals surface area contributed by atoms with Crippen LogP contribution in [0, 0.1) is 17.6 Å². The van der Waals surface area contributed by atoms with Gasteiger partial charge in [0.2, 0.25) is 5.91 Å². The van der Waals surface area contributed by atoms with Crippen molar-refractivity contribution in [3.8, 4) is 0 Å². The van der Waals surface area contributed by atoms with Gasteiger partial charge in [0.1, 0.15) is 11.6 Å². The second-order valence-corrected chi connectivity index (χ2v) is 6.69. The second-order valence-electron chi connectivity index (χ2n) is 6.69. The molecule has 1 saturated heterocycles. The SMILES string of the molecule is CCNC(=NCc1cc(F)ccc1F)NCCC(=O)N1CCCC(C)C1. The number of carbonyl (C=O) groups excluding carboxylic acids is 1. The topological polar surface area (TPSA) is 56.7 Å². The van der Waals surface area contributed by atoms with Gasteiger partial charge in [0.15, 0.2) is 5.96 Å². The predicted octanol–water partition coefficient (Wildman–Crippen LogP) is 2.67. The van der Waals surface area contributed by atoms with Gasteiger partial charge < -0.3 is 15.5 Å². The van der Waals surface area contributed by atoms with Crippen LogP contribution in [0.15, 0.2) is 23.2 Å². The first-order valence-electron chi connectivity index (χ1n) is 9.23. The number of amides is 1. The Morgan fingerprint density at radius 1 is 1.35 bits per heavy atom. The van der Waals surface area contributed by atoms with Crippen LogP contribution < -0.4 is 10.6 Å². The summed E-state index contributed by atoms with van der Waals surface area (Å²) in [6.45, 7) is 6.84. The summed E-state index contributed by atoms with van der Waals surface area (Å²) in [5, 5.41) is 6.13. The average molecular weight is 366 g/mol. The number of benzene rings is 1. The first kappa shape index (κ1) is 20.1. The monoisotopic (exact) mass is 366 g/mol. The largest absolute Gasteiger partial charge is 0.357 e. The lowest BCUT2D eigenvalue weighted by molar-refractivity contribution is -0.132. The molecule has 1 atom stereocenters. The number of nitrogens with one attached hydrogen (secondary N) is 2. The Morgan fingerprint density at radius 3 is 2.88 bits per heavy atom. The van der Waals surface area contributed by atoms with Crippen molar-refractivity contribution in [2.45, 2.75) is 39.7 Å². The highest BCUT2D eigenvalue weighted by molar-refractivity contribution is 5.81. The third-order valence-corrected chi connectivity index (χ3v) is 4.40. The van der Waals surface area contributed by atoms with Crippen LogP contribution in [0.3, 0.4) is 0 Å². The van der Waals surface area contributed by atoms with Crippen LogP contribution in [0.4, 0.5) is 8.78 Å². The van der Waals surface area contributed by atoms with E-state index in [4.69, 9.17) is 0 Å². The van der Waals surface area contributed by atoms with Crippen LogP contribution in [-0.4, -0.2) is 42.9 Å². The number of hydrogen-bond donors (Lipinski definition) is 2. The molecule has 0 spiro atoms. The summed E-state index contributed by atoms with van der Waals surface area (Å²) in [5.41, 5.74) is 0.195. The van der Waals surface area contributed by atoms with Gasteiger partial charge in [0, 0.05) is 38.2 Å². The summed E-state index contributed by atoms with van der Waals surface area (Å²) in [6, 6.07) is 3.32. The Labute approximate surface area is 153 Å². The highest BCUT2D eigenvalue weighted by atomic mass is 19.1. The van der Waals surface area contributed by atoms with Gasteiger partial charge in [-0.05, 0) is 43.9 Å². The molecule has 144 valence electrons. The molecule has 1 amide bonds. The molecule has 2 rings (SSSR count). The van der Waals surface area contributed by atoms with E-state index in [9.17, 15) is 13.6 Å². The molecule has 1 aromatic rings. The van der Waals surface area contributed by atoms with Crippen LogP contribution in [0.25, 0.3) is 0 Å². The molecule has 0 radical (unpaired) electrons. The maximum absolute atomic E-state index is 13.7. The fraction of sp³-hybridized carbons (Fsp3) is 0.579. The quantitative estimate of drug-likeness (QED) is 0.601. The number of rotatable bonds is 6. The minimum Gasteiger partial charge on any atom is -0.357 e. The molecule has 2 N–H and O–H groups in total. The number of hydrogen-bond acceptors (Lipinski definition) is 2. The summed E-state index contributed by atoms with van der Waals surface area (Å²) in [7, 11) is 0. The van der Waals surface area contributed by atoms with Crippen molar-refractivity contribution in [2.24, 2.45) is 10.9 Å². The van der Waals surface area contributed by atoms with E-state index in [1.54, 1.807) is 0 Å². The normalized spacial score (nSPS) is 17.9. The minimum absolute atomic E-state index is 0.0243. The first-order valence-corrected chi connectivity index (χ1v) is 9.23. The molecular formula is C19H28F2N4O. The summed E-state index contributed by atoms with van der Waals surface area (Å²) >= 11 is 0. The Morgan fingerprint density at radius 2 is 2.15 bits per heavy atom. The summed E-state index contributed by atoms with van der Waals surface area (Å²) < 4.78 is 26.9. The van der Waals surface area contributed by atoms with Crippen LogP contribution in [0.5, 0.6) is 0 Å². The molecule has 0 bridgehead atoms. The lowest BCUT2D eigenvalue weighted by atomic mass is 10.00. The van der Waals surface area contributed by atoms with Crippen molar-refractivity contribution in [1.82, 2.24) is 15.5 Å². The number of carbonyl (C=O) groups is 1. The van der Waals surface area contributed by atoms with Crippen molar-refractivity contribution in [1.29, 1.82) is 0 Å². The van der Waals surface area contributed by atoms with Crippen LogP contribution in [0.1, 0.15) is 38.7 Å². The zero-order valence-electron chi connectivity index (χ0n) is 15.5. The molecular weight excluding hydrogens is 338 g/mol. The number of likely N-dealkylation sites (tertiary alicyclic amines) is 1. The molecule has 1 aromatic carbocycles. The smallest absolute Gasteiger partial charge is 0.224 e. The third kappa shape index (κ3) is 6.28. The molecule has 26 heavy (non-hydrogen) atoms. The molecule has 1 unspecified atom stereocenters. The fourth-order valence-corrected chi connectivity index (χ4v) is 3.03. The van der Waals surface area contributed by atoms with Gasteiger partial charge in [-0.2, -0.15) is 0 Å². The van der Waals surface area contributed by atoms with Gasteiger partial charge >= 0.3 is 0 Å². The number of halogens is 2. The number of guanidine groups is 1. The molecule has 1 fully saturated rings. The van der Waals surface area contributed by atoms with Gasteiger partial charge in [-0.1, -0.05) is 6.92 Å². The first-order chi connectivity index (χ1) is 12.5. The number of aliphatic imine (C=N–C) groups is 1. The lowest BCUT2D eigenvalue weighted by Crippen LogP contribution is -2.42. The van der Waals surface area contributed by atoms with E-state index in [1.807, 2.05) is 11.8 Å². The molecule has 1 aliphatic heterocycles. The standard InChI is InChI=1S/C19H28F2N4O/c1-3-22-19(24-12-15-11-16(20)6-7-17(15)21)23-9-8-18(26)25-10-4-5-14(2)13-25/h6-7,11,14H,3-5,8-10,12-13H2,1-2H3,(H2,22,23,24). The third-order valence-electron chi connectivity index (χ3n) is 4.40. The minimum atomic E-state index is -0.490. The van der Waals surface area contributed by atoms with Gasteiger partial charge in [0.05, 0.1) is 6.54 Å². The lowest BCUT2D eigenvalue weighted by Gasteiger charge is -2.31. The van der Waals surface area contributed by atoms with Crippen molar-refractivity contribution < 1.29 is 13.6 Å². The van der Waals surface area contributed by atoms with E-state index in [0.29, 0.717) is 31.4 Å². The maximum atomic E-state index is 13.7. The Kier molecular flexibility index (Phi) is 7.81. The zero-order valence-corrected chi connectivity index (χ0v) is 15.5. The number of piperidine rings is 1. The molecule has 7 heteroatoms. The summed E-state index contributed by atoms with van der Waals surface area (Å²) in [4.78, 5) is 18.5. The highest BCUT2D eigenvalue weighted by Crippen LogP contribution is 2.16. The van der Waals surface area contributed by atoms with Crippen molar-refractivity contribution >= 4 is 11.9 Å². The fourth-order valence-electron chi connectivity index (χ4n) is 3.03. The number of nitrogens with zero attached hydrogens (tertiary/aromatic N) is 2. The van der Waals surface area contributed by atoms with E-state index in [-0.39, 0.29) is 18.0 Å². The molecule has 0 aromatic heterocycles. The second kappa shape index (κ2) is 10.1. The van der Waals surface area contributed by atoms with Gasteiger partial charge in [-0.25, -0.2) is 13.8 Å². The Hall–Kier alpha value is -2.18. The van der Waals surface area contributed by atoms with Crippen molar-refractivity contribution in [3.05, 3.63) is 35.4 Å². The maximum Gasteiger partial charge on any atom is 0.224 e. The molecule has 1 aliphatic rings. The van der Waals surface area contributed by atoms with E-state index in [2.05, 4.69) is 22.5 Å². The van der Waals surface area contributed by atoms with Gasteiger partial charge in [0.25, 0.3) is 0 Å². The molecule has 1 heterocycles. The van der Waals surface area contributed by atoms with Crippen LogP contribution in [0.2, 0.25) is 0 Å². The van der Waals surface area contributed by atoms with Gasteiger partial charge in [-0.15, -0.1) is 0 Å². The summed E-state index contributed by atoms with van der Waals surface area (Å²) in [5.74, 6) is 0.198. The van der Waals surface area contributed by atoms with E-state index in [0.717, 1.165) is 37.7 Å². The van der Waals surface area contributed by atoms with Crippen LogP contribution in [-0.2, 0) is 11.3 Å². The van der Waals surface area contributed by atoms with Crippen molar-refractivity contribution in [2.75, 3.05) is 26.2 Å².